The van der Waals surface area contributed by atoms with Gasteiger partial charge in [-0.05, 0) is 30.4 Å². The molecule has 2 rings (SSSR count). The second kappa shape index (κ2) is 8.41. The molecule has 0 unspecified atom stereocenters. The van der Waals surface area contributed by atoms with Crippen molar-refractivity contribution >= 4 is 29.7 Å². The van der Waals surface area contributed by atoms with Crippen LogP contribution in [0, 0.1) is 4.77 Å². The van der Waals surface area contributed by atoms with Gasteiger partial charge in [0.1, 0.15) is 5.82 Å². The molecular weight excluding hydrogens is 346 g/mol. The van der Waals surface area contributed by atoms with E-state index in [-0.39, 0.29) is 12.3 Å². The van der Waals surface area contributed by atoms with Crippen molar-refractivity contribution in [1.29, 1.82) is 0 Å². The van der Waals surface area contributed by atoms with Gasteiger partial charge in [-0.2, -0.15) is 5.10 Å². The molecular formula is C16H22ClN5OS. The Hall–Kier alpha value is -1.70. The van der Waals surface area contributed by atoms with Gasteiger partial charge in [-0.1, -0.05) is 36.7 Å². The van der Waals surface area contributed by atoms with Gasteiger partial charge < -0.3 is 10.3 Å². The number of hydrogen-bond donors (Lipinski definition) is 1. The Balaban J connectivity index is 2.13. The van der Waals surface area contributed by atoms with Crippen molar-refractivity contribution in [2.45, 2.75) is 33.0 Å². The van der Waals surface area contributed by atoms with Gasteiger partial charge in [0.2, 0.25) is 5.91 Å². The number of amides is 1. The molecule has 0 spiro atoms. The number of aryl methyl sites for hydroxylation is 1. The molecule has 0 bridgehead atoms. The lowest BCUT2D eigenvalue weighted by molar-refractivity contribution is -0.118. The first kappa shape index (κ1) is 18.6. The Morgan fingerprint density at radius 1 is 1.42 bits per heavy atom. The van der Waals surface area contributed by atoms with Crippen molar-refractivity contribution in [2.75, 3.05) is 6.54 Å². The highest BCUT2D eigenvalue weighted by molar-refractivity contribution is 7.71. The molecule has 1 heterocycles. The lowest BCUT2D eigenvalue weighted by Gasteiger charge is -2.20. The Morgan fingerprint density at radius 2 is 2.12 bits per heavy atom. The number of halogens is 1. The van der Waals surface area contributed by atoms with Crippen LogP contribution in [0.5, 0.6) is 0 Å². The minimum absolute atomic E-state index is 0.261. The zero-order chi connectivity index (χ0) is 17.7. The molecule has 1 amide bonds. The molecule has 1 aromatic heterocycles. The fourth-order valence-corrected chi connectivity index (χ4v) is 2.80. The quantitative estimate of drug-likeness (QED) is 0.728. The maximum Gasteiger partial charge on any atom is 0.217 e. The maximum atomic E-state index is 11.0. The zero-order valence-electron chi connectivity index (χ0n) is 13.9. The summed E-state index contributed by atoms with van der Waals surface area (Å²) in [5.74, 6) is 0.414. The summed E-state index contributed by atoms with van der Waals surface area (Å²) in [7, 11) is 1.85. The van der Waals surface area contributed by atoms with Crippen molar-refractivity contribution in [3.63, 3.8) is 0 Å². The maximum absolute atomic E-state index is 11.0. The normalized spacial score (nSPS) is 11.2. The molecule has 24 heavy (non-hydrogen) atoms. The van der Waals surface area contributed by atoms with E-state index < -0.39 is 0 Å². The Bertz CT molecular complexity index is 770. The van der Waals surface area contributed by atoms with Gasteiger partial charge in [0, 0.05) is 31.5 Å². The standard InChI is InChI=1S/C16H22ClN5OS/c1-3-21(10-12-6-4-5-7-13(12)17)11-22-16(24)20(2)15(19-22)9-8-14(18)23/h4-7H,3,8-11H2,1-2H3,(H2,18,23). The number of carbonyl (C=O) groups is 1. The highest BCUT2D eigenvalue weighted by atomic mass is 35.5. The minimum atomic E-state index is -0.343. The second-order valence-corrected chi connectivity index (χ2v) is 6.37. The number of aromatic nitrogens is 3. The minimum Gasteiger partial charge on any atom is -0.370 e. The van der Waals surface area contributed by atoms with Crippen LogP contribution in [-0.4, -0.2) is 31.7 Å². The van der Waals surface area contributed by atoms with Gasteiger partial charge in [-0.25, -0.2) is 4.68 Å². The lowest BCUT2D eigenvalue weighted by atomic mass is 10.2. The number of rotatable bonds is 8. The van der Waals surface area contributed by atoms with Crippen molar-refractivity contribution in [1.82, 2.24) is 19.2 Å². The van der Waals surface area contributed by atoms with E-state index in [4.69, 9.17) is 29.6 Å². The molecule has 6 nitrogen and oxygen atoms in total. The van der Waals surface area contributed by atoms with E-state index in [9.17, 15) is 4.79 Å². The number of nitrogens with zero attached hydrogens (tertiary/aromatic N) is 4. The molecule has 0 radical (unpaired) electrons. The molecule has 0 fully saturated rings. The van der Waals surface area contributed by atoms with Gasteiger partial charge in [-0.15, -0.1) is 0 Å². The van der Waals surface area contributed by atoms with Crippen molar-refractivity contribution in [3.05, 3.63) is 45.4 Å². The molecule has 0 aliphatic heterocycles. The van der Waals surface area contributed by atoms with E-state index in [1.807, 2.05) is 35.9 Å². The number of carbonyl (C=O) groups excluding carboxylic acids is 1. The van der Waals surface area contributed by atoms with Gasteiger partial charge in [0.15, 0.2) is 4.77 Å². The molecule has 0 saturated carbocycles. The largest absolute Gasteiger partial charge is 0.370 e. The van der Waals surface area contributed by atoms with Crippen LogP contribution in [0.25, 0.3) is 0 Å². The monoisotopic (exact) mass is 367 g/mol. The predicted molar refractivity (Wildman–Crippen MR) is 97.1 cm³/mol. The molecule has 1 aromatic carbocycles. The van der Waals surface area contributed by atoms with Crippen molar-refractivity contribution in [2.24, 2.45) is 12.8 Å². The Labute approximate surface area is 151 Å². The third kappa shape index (κ3) is 4.66. The first-order valence-corrected chi connectivity index (χ1v) is 8.57. The van der Waals surface area contributed by atoms with Crippen LogP contribution in [0.1, 0.15) is 24.7 Å². The third-order valence-corrected chi connectivity index (χ3v) is 4.71. The number of hydrogen-bond acceptors (Lipinski definition) is 4. The van der Waals surface area contributed by atoms with Crippen LogP contribution in [0.15, 0.2) is 24.3 Å². The highest BCUT2D eigenvalue weighted by Gasteiger charge is 2.12. The molecule has 0 aliphatic rings. The Kier molecular flexibility index (Phi) is 6.53. The molecule has 0 aliphatic carbocycles. The topological polar surface area (TPSA) is 69.1 Å². The van der Waals surface area contributed by atoms with E-state index in [2.05, 4.69) is 16.9 Å². The van der Waals surface area contributed by atoms with Crippen LogP contribution < -0.4 is 5.73 Å². The summed E-state index contributed by atoms with van der Waals surface area (Å²) in [5, 5.41) is 5.28. The van der Waals surface area contributed by atoms with E-state index >= 15 is 0 Å². The smallest absolute Gasteiger partial charge is 0.217 e. The number of primary amides is 1. The average Bonchev–Trinajstić information content (AvgIpc) is 2.82. The van der Waals surface area contributed by atoms with Crippen LogP contribution in [0.3, 0.4) is 0 Å². The fourth-order valence-electron chi connectivity index (χ4n) is 2.40. The molecule has 8 heteroatoms. The van der Waals surface area contributed by atoms with Gasteiger partial charge in [-0.3, -0.25) is 9.69 Å². The molecule has 0 atom stereocenters. The molecule has 130 valence electrons. The van der Waals surface area contributed by atoms with Gasteiger partial charge >= 0.3 is 0 Å². The van der Waals surface area contributed by atoms with Gasteiger partial charge in [0.25, 0.3) is 0 Å². The summed E-state index contributed by atoms with van der Waals surface area (Å²) in [5.41, 5.74) is 6.28. The summed E-state index contributed by atoms with van der Waals surface area (Å²) >= 11 is 11.7. The van der Waals surface area contributed by atoms with Crippen LogP contribution in [0.4, 0.5) is 0 Å². The first-order valence-electron chi connectivity index (χ1n) is 7.79. The zero-order valence-corrected chi connectivity index (χ0v) is 15.5. The summed E-state index contributed by atoms with van der Waals surface area (Å²) in [6, 6.07) is 7.80. The van der Waals surface area contributed by atoms with Crippen molar-refractivity contribution in [3.8, 4) is 0 Å². The summed E-state index contributed by atoms with van der Waals surface area (Å²) in [6.45, 7) is 4.19. The first-order chi connectivity index (χ1) is 11.4. The number of nitrogens with two attached hydrogens (primary N) is 1. The number of benzene rings is 1. The summed E-state index contributed by atoms with van der Waals surface area (Å²) in [4.78, 5) is 13.2. The molecule has 2 aromatic rings. The van der Waals surface area contributed by atoms with Crippen LogP contribution in [-0.2, 0) is 31.5 Å². The summed E-state index contributed by atoms with van der Waals surface area (Å²) in [6.07, 6.45) is 0.746. The van der Waals surface area contributed by atoms with E-state index in [1.165, 1.54) is 0 Å². The molecule has 0 saturated heterocycles. The Morgan fingerprint density at radius 3 is 2.75 bits per heavy atom. The lowest BCUT2D eigenvalue weighted by Crippen LogP contribution is -2.26. The van der Waals surface area contributed by atoms with E-state index in [1.54, 1.807) is 4.68 Å². The third-order valence-electron chi connectivity index (χ3n) is 3.86. The SMILES string of the molecule is CCN(Cc1ccccc1Cl)Cn1nc(CCC(N)=O)n(C)c1=S. The summed E-state index contributed by atoms with van der Waals surface area (Å²) < 4.78 is 4.21. The molecule has 2 N–H and O–H groups in total. The predicted octanol–water partition coefficient (Wildman–Crippen LogP) is 2.50. The van der Waals surface area contributed by atoms with Crippen LogP contribution >= 0.6 is 23.8 Å². The van der Waals surface area contributed by atoms with Gasteiger partial charge in [0.05, 0.1) is 6.67 Å². The van der Waals surface area contributed by atoms with Crippen LogP contribution in [0.2, 0.25) is 5.02 Å². The van der Waals surface area contributed by atoms with Crippen molar-refractivity contribution < 1.29 is 4.79 Å². The fraction of sp³-hybridized carbons (Fsp3) is 0.438. The van der Waals surface area contributed by atoms with E-state index in [0.717, 1.165) is 23.0 Å². The van der Waals surface area contributed by atoms with E-state index in [0.29, 0.717) is 24.4 Å². The second-order valence-electron chi connectivity index (χ2n) is 5.60. The average molecular weight is 368 g/mol. The highest BCUT2D eigenvalue weighted by Crippen LogP contribution is 2.17.